The van der Waals surface area contributed by atoms with E-state index in [9.17, 15) is 0 Å². The molecule has 0 aromatic carbocycles. The van der Waals surface area contributed by atoms with Gasteiger partial charge in [-0.05, 0) is 0 Å². The lowest BCUT2D eigenvalue weighted by atomic mass is 10.4. The van der Waals surface area contributed by atoms with Crippen molar-refractivity contribution in [2.24, 2.45) is 0 Å². The lowest BCUT2D eigenvalue weighted by Gasteiger charge is -2.11. The van der Waals surface area contributed by atoms with Gasteiger partial charge in [-0.3, -0.25) is 0 Å². The Morgan fingerprint density at radius 1 is 1.32 bits per heavy atom. The molecule has 2 rings (SSSR count). The highest BCUT2D eigenvalue weighted by atomic mass is 16.5. The van der Waals surface area contributed by atoms with E-state index in [-0.39, 0.29) is 0 Å². The first-order chi connectivity index (χ1) is 9.24. The zero-order valence-electron chi connectivity index (χ0n) is 11.1. The second kappa shape index (κ2) is 5.98. The van der Waals surface area contributed by atoms with Gasteiger partial charge < -0.3 is 19.9 Å². The van der Waals surface area contributed by atoms with Gasteiger partial charge in [-0.15, -0.1) is 0 Å². The first-order valence-electron chi connectivity index (χ1n) is 5.84. The summed E-state index contributed by atoms with van der Waals surface area (Å²) in [6, 6.07) is 0. The number of ether oxygens (including phenoxy) is 1. The zero-order valence-corrected chi connectivity index (χ0v) is 11.1. The van der Waals surface area contributed by atoms with Gasteiger partial charge in [0, 0.05) is 26.9 Å². The monoisotopic (exact) mass is 264 g/mol. The molecule has 2 aromatic heterocycles. The Hall–Kier alpha value is -2.38. The topological polar surface area (TPSA) is 98.0 Å². The lowest BCUT2D eigenvalue weighted by Crippen LogP contribution is -2.10. The van der Waals surface area contributed by atoms with E-state index in [4.69, 9.17) is 9.26 Å². The van der Waals surface area contributed by atoms with E-state index in [1.165, 1.54) is 6.33 Å². The summed E-state index contributed by atoms with van der Waals surface area (Å²) in [5.74, 6) is 3.06. The first-order valence-corrected chi connectivity index (χ1v) is 5.84. The van der Waals surface area contributed by atoms with Crippen molar-refractivity contribution in [1.29, 1.82) is 0 Å². The minimum Gasteiger partial charge on any atom is -0.490 e. The van der Waals surface area contributed by atoms with Gasteiger partial charge in [-0.25, -0.2) is 9.97 Å². The molecule has 0 aliphatic heterocycles. The number of anilines is 2. The minimum atomic E-state index is 0.562. The summed E-state index contributed by atoms with van der Waals surface area (Å²) in [4.78, 5) is 12.3. The molecule has 8 nitrogen and oxygen atoms in total. The quantitative estimate of drug-likeness (QED) is 0.793. The lowest BCUT2D eigenvalue weighted by molar-refractivity contribution is 0.387. The van der Waals surface area contributed by atoms with Gasteiger partial charge in [-0.1, -0.05) is 5.16 Å². The molecule has 102 valence electrons. The number of aromatic nitrogens is 4. The highest BCUT2D eigenvalue weighted by Gasteiger charge is 2.10. The fourth-order valence-electron chi connectivity index (χ4n) is 1.61. The summed E-state index contributed by atoms with van der Waals surface area (Å²) in [5, 5.41) is 9.92. The maximum absolute atomic E-state index is 5.27. The van der Waals surface area contributed by atoms with Crippen LogP contribution < -0.4 is 15.4 Å². The van der Waals surface area contributed by atoms with E-state index >= 15 is 0 Å². The van der Waals surface area contributed by atoms with Crippen LogP contribution >= 0.6 is 0 Å². The molecule has 8 heteroatoms. The number of hydrogen-bond donors (Lipinski definition) is 2. The van der Waals surface area contributed by atoms with Crippen molar-refractivity contribution < 1.29 is 9.26 Å². The Bertz CT molecular complexity index is 542. The van der Waals surface area contributed by atoms with Crippen molar-refractivity contribution in [3.8, 4) is 5.75 Å². The summed E-state index contributed by atoms with van der Waals surface area (Å²) in [5.41, 5.74) is 0. The summed E-state index contributed by atoms with van der Waals surface area (Å²) < 4.78 is 10.2. The maximum Gasteiger partial charge on any atom is 0.223 e. The van der Waals surface area contributed by atoms with E-state index in [0.717, 1.165) is 0 Å². The normalized spacial score (nSPS) is 10.3. The first kappa shape index (κ1) is 13.1. The van der Waals surface area contributed by atoms with Gasteiger partial charge >= 0.3 is 0 Å². The molecule has 0 fully saturated rings. The van der Waals surface area contributed by atoms with Crippen LogP contribution in [0.4, 0.5) is 11.6 Å². The Morgan fingerprint density at radius 2 is 2.11 bits per heavy atom. The van der Waals surface area contributed by atoms with Crippen LogP contribution in [0.2, 0.25) is 0 Å². The van der Waals surface area contributed by atoms with Crippen LogP contribution in [0.1, 0.15) is 11.7 Å². The van der Waals surface area contributed by atoms with Gasteiger partial charge in [-0.2, -0.15) is 4.98 Å². The molecule has 0 aliphatic carbocycles. The molecule has 0 radical (unpaired) electrons. The molecule has 0 bridgehead atoms. The predicted octanol–water partition coefficient (Wildman–Crippen LogP) is 0.873. The largest absolute Gasteiger partial charge is 0.490 e. The van der Waals surface area contributed by atoms with Gasteiger partial charge in [0.05, 0.1) is 7.11 Å². The van der Waals surface area contributed by atoms with Crippen molar-refractivity contribution in [2.45, 2.75) is 13.3 Å². The molecular weight excluding hydrogens is 248 g/mol. The van der Waals surface area contributed by atoms with Crippen LogP contribution in [-0.2, 0) is 6.42 Å². The van der Waals surface area contributed by atoms with Crippen LogP contribution in [-0.4, -0.2) is 40.8 Å². The molecule has 2 aromatic rings. The second-order valence-electron chi connectivity index (χ2n) is 3.76. The number of nitrogens with zero attached hydrogens (tertiary/aromatic N) is 4. The van der Waals surface area contributed by atoms with Crippen molar-refractivity contribution >= 4 is 11.6 Å². The van der Waals surface area contributed by atoms with Crippen molar-refractivity contribution in [3.63, 3.8) is 0 Å². The van der Waals surface area contributed by atoms with Crippen molar-refractivity contribution in [2.75, 3.05) is 31.3 Å². The van der Waals surface area contributed by atoms with E-state index in [2.05, 4.69) is 30.7 Å². The van der Waals surface area contributed by atoms with Crippen molar-refractivity contribution in [3.05, 3.63) is 18.0 Å². The fraction of sp³-hybridized carbons (Fsp3) is 0.455. The molecule has 0 saturated carbocycles. The molecule has 0 saturated heterocycles. The third-order valence-corrected chi connectivity index (χ3v) is 2.46. The summed E-state index contributed by atoms with van der Waals surface area (Å²) in [6.45, 7) is 2.38. The maximum atomic E-state index is 5.27. The van der Waals surface area contributed by atoms with Gasteiger partial charge in [0.15, 0.2) is 17.5 Å². The molecule has 0 amide bonds. The van der Waals surface area contributed by atoms with E-state index in [1.807, 2.05) is 0 Å². The molecule has 0 aliphatic rings. The Balaban J connectivity index is 1.99. The van der Waals surface area contributed by atoms with Crippen LogP contribution in [0, 0.1) is 6.92 Å². The number of rotatable bonds is 6. The Labute approximate surface area is 110 Å². The van der Waals surface area contributed by atoms with E-state index in [0.29, 0.717) is 42.1 Å². The van der Waals surface area contributed by atoms with Crippen molar-refractivity contribution in [1.82, 2.24) is 20.1 Å². The SMILES string of the molecule is CNc1ncnc(NCCc2noc(C)n2)c1OC. The van der Waals surface area contributed by atoms with Crippen LogP contribution in [0.25, 0.3) is 0 Å². The second-order valence-corrected chi connectivity index (χ2v) is 3.76. The zero-order chi connectivity index (χ0) is 13.7. The van der Waals surface area contributed by atoms with E-state index < -0.39 is 0 Å². The van der Waals surface area contributed by atoms with Gasteiger partial charge in [0.2, 0.25) is 11.6 Å². The highest BCUT2D eigenvalue weighted by molar-refractivity contribution is 5.63. The number of hydrogen-bond acceptors (Lipinski definition) is 8. The fourth-order valence-corrected chi connectivity index (χ4v) is 1.61. The average molecular weight is 264 g/mol. The molecule has 2 heterocycles. The minimum absolute atomic E-state index is 0.562. The Morgan fingerprint density at radius 3 is 2.74 bits per heavy atom. The standard InChI is InChI=1S/C11H16N6O2/c1-7-16-8(17-19-7)4-5-13-11-9(18-3)10(12-2)14-6-15-11/h6H,4-5H2,1-3H3,(H2,12,13,14,15). The summed E-state index contributed by atoms with van der Waals surface area (Å²) >= 11 is 0. The molecular formula is C11H16N6O2. The third kappa shape index (κ3) is 3.09. The molecule has 0 unspecified atom stereocenters. The number of nitrogens with one attached hydrogen (secondary N) is 2. The number of aryl methyl sites for hydroxylation is 1. The third-order valence-electron chi connectivity index (χ3n) is 2.46. The molecule has 0 atom stereocenters. The summed E-state index contributed by atoms with van der Waals surface area (Å²) in [6.07, 6.45) is 2.11. The average Bonchev–Trinajstić information content (AvgIpc) is 2.84. The van der Waals surface area contributed by atoms with Gasteiger partial charge in [0.1, 0.15) is 6.33 Å². The van der Waals surface area contributed by atoms with Gasteiger partial charge in [0.25, 0.3) is 0 Å². The summed E-state index contributed by atoms with van der Waals surface area (Å²) in [7, 11) is 3.35. The van der Waals surface area contributed by atoms with E-state index in [1.54, 1.807) is 21.1 Å². The highest BCUT2D eigenvalue weighted by Crippen LogP contribution is 2.28. The molecule has 2 N–H and O–H groups in total. The smallest absolute Gasteiger partial charge is 0.223 e. The predicted molar refractivity (Wildman–Crippen MR) is 69.4 cm³/mol. The Kier molecular flexibility index (Phi) is 4.11. The molecule has 19 heavy (non-hydrogen) atoms. The van der Waals surface area contributed by atoms with Crippen LogP contribution in [0.15, 0.2) is 10.9 Å². The number of methoxy groups -OCH3 is 1. The van der Waals surface area contributed by atoms with Crippen LogP contribution in [0.5, 0.6) is 5.75 Å². The van der Waals surface area contributed by atoms with Crippen LogP contribution in [0.3, 0.4) is 0 Å². The molecule has 0 spiro atoms.